The molecule has 0 spiro atoms. The maximum absolute atomic E-state index is 5.46. The monoisotopic (exact) mass is 125 g/mol. The molecule has 52 valence electrons. The van der Waals surface area contributed by atoms with E-state index in [0.717, 1.165) is 0 Å². The van der Waals surface area contributed by atoms with Gasteiger partial charge in [0.2, 0.25) is 0 Å². The van der Waals surface area contributed by atoms with Crippen LogP contribution < -0.4 is 5.73 Å². The molecule has 0 aromatic heterocycles. The summed E-state index contributed by atoms with van der Waals surface area (Å²) in [5.74, 6) is 1.05. The van der Waals surface area contributed by atoms with Crippen molar-refractivity contribution < 1.29 is 0 Å². The highest BCUT2D eigenvalue weighted by molar-refractivity contribution is 4.86. The van der Waals surface area contributed by atoms with Crippen molar-refractivity contribution in [1.29, 1.82) is 0 Å². The van der Waals surface area contributed by atoms with Crippen molar-refractivity contribution in [1.82, 2.24) is 0 Å². The average Bonchev–Trinajstić information content (AvgIpc) is 1.82. The Morgan fingerprint density at radius 2 is 2.22 bits per heavy atom. The SMILES string of the molecule is C=C=CC(CN)C(C)C. The summed E-state index contributed by atoms with van der Waals surface area (Å²) >= 11 is 0. The second-order valence-electron chi connectivity index (χ2n) is 2.51. The Morgan fingerprint density at radius 3 is 2.33 bits per heavy atom. The van der Waals surface area contributed by atoms with Gasteiger partial charge >= 0.3 is 0 Å². The highest BCUT2D eigenvalue weighted by Crippen LogP contribution is 2.08. The molecule has 0 aliphatic carbocycles. The van der Waals surface area contributed by atoms with Crippen LogP contribution in [0.15, 0.2) is 18.4 Å². The van der Waals surface area contributed by atoms with E-state index in [2.05, 4.69) is 26.2 Å². The van der Waals surface area contributed by atoms with Gasteiger partial charge in [-0.2, -0.15) is 0 Å². The molecule has 0 aliphatic heterocycles. The first-order valence-electron chi connectivity index (χ1n) is 3.28. The second-order valence-corrected chi connectivity index (χ2v) is 2.51. The van der Waals surface area contributed by atoms with Crippen LogP contribution in [-0.4, -0.2) is 6.54 Å². The average molecular weight is 125 g/mol. The molecule has 9 heavy (non-hydrogen) atoms. The van der Waals surface area contributed by atoms with Gasteiger partial charge in [-0.1, -0.05) is 20.4 Å². The predicted octanol–water partition coefficient (Wildman–Crippen LogP) is 1.56. The second kappa shape index (κ2) is 4.37. The molecule has 0 radical (unpaired) electrons. The minimum absolute atomic E-state index is 0.447. The quantitative estimate of drug-likeness (QED) is 0.569. The van der Waals surface area contributed by atoms with Gasteiger partial charge in [-0.3, -0.25) is 0 Å². The fraction of sp³-hybridized carbons (Fsp3) is 0.625. The maximum Gasteiger partial charge on any atom is -0.000559 e. The Balaban J connectivity index is 3.82. The summed E-state index contributed by atoms with van der Waals surface area (Å²) < 4.78 is 0. The first kappa shape index (κ1) is 8.48. The Hall–Kier alpha value is -0.520. The third-order valence-corrected chi connectivity index (χ3v) is 1.46. The van der Waals surface area contributed by atoms with Crippen molar-refractivity contribution in [2.45, 2.75) is 13.8 Å². The van der Waals surface area contributed by atoms with Gasteiger partial charge in [0.05, 0.1) is 0 Å². The van der Waals surface area contributed by atoms with Gasteiger partial charge < -0.3 is 5.73 Å². The van der Waals surface area contributed by atoms with Crippen LogP contribution in [0.5, 0.6) is 0 Å². The van der Waals surface area contributed by atoms with Gasteiger partial charge in [-0.15, -0.1) is 5.73 Å². The summed E-state index contributed by atoms with van der Waals surface area (Å²) in [4.78, 5) is 0. The number of nitrogens with two attached hydrogens (primary N) is 1. The number of hydrogen-bond acceptors (Lipinski definition) is 1. The highest BCUT2D eigenvalue weighted by Gasteiger charge is 2.05. The van der Waals surface area contributed by atoms with E-state index in [1.165, 1.54) is 0 Å². The van der Waals surface area contributed by atoms with Crippen molar-refractivity contribution in [3.63, 3.8) is 0 Å². The van der Waals surface area contributed by atoms with Gasteiger partial charge in [0.15, 0.2) is 0 Å². The van der Waals surface area contributed by atoms with Crippen LogP contribution in [-0.2, 0) is 0 Å². The van der Waals surface area contributed by atoms with E-state index in [-0.39, 0.29) is 0 Å². The zero-order chi connectivity index (χ0) is 7.28. The molecule has 1 heteroatoms. The van der Waals surface area contributed by atoms with Crippen LogP contribution in [0.3, 0.4) is 0 Å². The minimum atomic E-state index is 0.447. The molecule has 0 rings (SSSR count). The molecule has 1 nitrogen and oxygen atoms in total. The molecule has 0 heterocycles. The Bertz CT molecular complexity index is 110. The van der Waals surface area contributed by atoms with Crippen molar-refractivity contribution >= 4 is 0 Å². The number of rotatable bonds is 3. The first-order valence-corrected chi connectivity index (χ1v) is 3.28. The molecular formula is C8H15N. The molecule has 1 atom stereocenters. The molecule has 0 amide bonds. The summed E-state index contributed by atoms with van der Waals surface area (Å²) in [5, 5.41) is 0. The zero-order valence-electron chi connectivity index (χ0n) is 6.22. The fourth-order valence-corrected chi connectivity index (χ4v) is 0.684. The standard InChI is InChI=1S/C8H15N/c1-4-5-8(6-9)7(2)3/h5,7-8H,1,6,9H2,2-3H3. The zero-order valence-corrected chi connectivity index (χ0v) is 6.22. The molecule has 1 unspecified atom stereocenters. The van der Waals surface area contributed by atoms with Gasteiger partial charge in [0.1, 0.15) is 0 Å². The molecule has 0 aromatic carbocycles. The normalized spacial score (nSPS) is 12.9. The van der Waals surface area contributed by atoms with Gasteiger partial charge in [-0.05, 0) is 24.5 Å². The van der Waals surface area contributed by atoms with Gasteiger partial charge in [0.25, 0.3) is 0 Å². The fourth-order valence-electron chi connectivity index (χ4n) is 0.684. The van der Waals surface area contributed by atoms with Crippen molar-refractivity contribution in [2.75, 3.05) is 6.54 Å². The van der Waals surface area contributed by atoms with Crippen LogP contribution in [0.1, 0.15) is 13.8 Å². The maximum atomic E-state index is 5.46. The third-order valence-electron chi connectivity index (χ3n) is 1.46. The summed E-state index contributed by atoms with van der Waals surface area (Å²) in [6.07, 6.45) is 1.94. The van der Waals surface area contributed by atoms with E-state index in [1.807, 2.05) is 6.08 Å². The summed E-state index contributed by atoms with van der Waals surface area (Å²) in [7, 11) is 0. The highest BCUT2D eigenvalue weighted by atomic mass is 14.5. The van der Waals surface area contributed by atoms with Crippen LogP contribution >= 0.6 is 0 Å². The molecule has 0 fully saturated rings. The smallest absolute Gasteiger partial charge is 0.000559 e. The minimum Gasteiger partial charge on any atom is -0.330 e. The van der Waals surface area contributed by atoms with E-state index in [9.17, 15) is 0 Å². The molecule has 0 saturated carbocycles. The van der Waals surface area contributed by atoms with Crippen LogP contribution in [0.2, 0.25) is 0 Å². The Labute approximate surface area is 57.3 Å². The molecule has 0 aromatic rings. The lowest BCUT2D eigenvalue weighted by Crippen LogP contribution is -2.16. The summed E-state index contributed by atoms with van der Waals surface area (Å²) in [6.45, 7) is 8.48. The summed E-state index contributed by atoms with van der Waals surface area (Å²) in [6, 6.07) is 0. The van der Waals surface area contributed by atoms with E-state index in [0.29, 0.717) is 18.4 Å². The lowest BCUT2D eigenvalue weighted by atomic mass is 9.96. The van der Waals surface area contributed by atoms with E-state index < -0.39 is 0 Å². The molecule has 0 aliphatic rings. The largest absolute Gasteiger partial charge is 0.330 e. The summed E-state index contributed by atoms with van der Waals surface area (Å²) in [5.41, 5.74) is 8.21. The van der Waals surface area contributed by atoms with Gasteiger partial charge in [-0.25, -0.2) is 0 Å². The van der Waals surface area contributed by atoms with Crippen LogP contribution in [0.25, 0.3) is 0 Å². The molecule has 2 N–H and O–H groups in total. The van der Waals surface area contributed by atoms with Gasteiger partial charge in [0, 0.05) is 0 Å². The van der Waals surface area contributed by atoms with Crippen molar-refractivity contribution in [3.8, 4) is 0 Å². The Morgan fingerprint density at radius 1 is 1.67 bits per heavy atom. The van der Waals surface area contributed by atoms with Crippen LogP contribution in [0, 0.1) is 11.8 Å². The first-order chi connectivity index (χ1) is 4.22. The van der Waals surface area contributed by atoms with Crippen molar-refractivity contribution in [3.05, 3.63) is 18.4 Å². The Kier molecular flexibility index (Phi) is 4.12. The lowest BCUT2D eigenvalue weighted by molar-refractivity contribution is 0.475. The van der Waals surface area contributed by atoms with Crippen LogP contribution in [0.4, 0.5) is 0 Å². The molecule has 0 saturated heterocycles. The number of hydrogen-bond donors (Lipinski definition) is 1. The third kappa shape index (κ3) is 3.12. The van der Waals surface area contributed by atoms with E-state index in [1.54, 1.807) is 0 Å². The molecule has 0 bridgehead atoms. The van der Waals surface area contributed by atoms with E-state index >= 15 is 0 Å². The topological polar surface area (TPSA) is 26.0 Å². The van der Waals surface area contributed by atoms with E-state index in [4.69, 9.17) is 5.73 Å². The van der Waals surface area contributed by atoms with Crippen molar-refractivity contribution in [2.24, 2.45) is 17.6 Å². The molecular weight excluding hydrogens is 110 g/mol. The lowest BCUT2D eigenvalue weighted by Gasteiger charge is -2.11. The predicted molar refractivity (Wildman–Crippen MR) is 41.1 cm³/mol.